The van der Waals surface area contributed by atoms with E-state index in [1.807, 2.05) is 11.8 Å². The van der Waals surface area contributed by atoms with Crippen LogP contribution in [-0.4, -0.2) is 77.7 Å². The highest BCUT2D eigenvalue weighted by Crippen LogP contribution is 2.14. The maximum Gasteiger partial charge on any atom is 0.257 e. The third kappa shape index (κ3) is 5.12. The minimum Gasteiger partial charge on any atom is -0.375 e. The zero-order valence-corrected chi connectivity index (χ0v) is 15.1. The Kier molecular flexibility index (Phi) is 6.58. The number of nitrogens with zero attached hydrogens (tertiary/aromatic N) is 4. The molecule has 138 valence electrons. The lowest BCUT2D eigenvalue weighted by Gasteiger charge is -2.31. The number of ether oxygens (including phenoxy) is 1. The first-order valence-corrected chi connectivity index (χ1v) is 9.45. The molecular formula is C18H29N5O2. The van der Waals surface area contributed by atoms with Gasteiger partial charge in [0.2, 0.25) is 5.95 Å². The summed E-state index contributed by atoms with van der Waals surface area (Å²) in [5, 5.41) is 3.04. The van der Waals surface area contributed by atoms with Crippen molar-refractivity contribution in [3.8, 4) is 0 Å². The molecule has 0 saturated carbocycles. The number of hydrogen-bond donors (Lipinski definition) is 1. The summed E-state index contributed by atoms with van der Waals surface area (Å²) in [4.78, 5) is 25.6. The van der Waals surface area contributed by atoms with Gasteiger partial charge in [0.25, 0.3) is 5.91 Å². The zero-order chi connectivity index (χ0) is 17.5. The second-order valence-corrected chi connectivity index (χ2v) is 6.78. The average Bonchev–Trinajstić information content (AvgIpc) is 2.88. The Labute approximate surface area is 149 Å². The van der Waals surface area contributed by atoms with Crippen LogP contribution in [0.5, 0.6) is 0 Å². The average molecular weight is 347 g/mol. The second kappa shape index (κ2) is 9.10. The van der Waals surface area contributed by atoms with Gasteiger partial charge in [-0.2, -0.15) is 0 Å². The summed E-state index contributed by atoms with van der Waals surface area (Å²) < 4.78 is 6.00. The number of rotatable bonds is 5. The maximum absolute atomic E-state index is 12.8. The van der Waals surface area contributed by atoms with E-state index in [1.165, 1.54) is 19.3 Å². The minimum atomic E-state index is -0.00260. The molecular weight excluding hydrogens is 318 g/mol. The highest BCUT2D eigenvalue weighted by molar-refractivity contribution is 5.93. The van der Waals surface area contributed by atoms with Crippen LogP contribution in [0.15, 0.2) is 12.4 Å². The molecule has 1 N–H and O–H groups in total. The molecule has 1 aromatic heterocycles. The lowest BCUT2D eigenvalue weighted by atomic mass is 10.1. The summed E-state index contributed by atoms with van der Waals surface area (Å²) in [7, 11) is 0. The summed E-state index contributed by atoms with van der Waals surface area (Å²) >= 11 is 0. The SMILES string of the molecule is CCNc1ncc(C(=O)N2CCCO[C@H](CN3CCCCC3)C2)cn1. The molecule has 0 aromatic carbocycles. The maximum atomic E-state index is 12.8. The topological polar surface area (TPSA) is 70.6 Å². The summed E-state index contributed by atoms with van der Waals surface area (Å²) in [6.07, 6.45) is 8.05. The van der Waals surface area contributed by atoms with Crippen LogP contribution in [-0.2, 0) is 4.74 Å². The molecule has 2 saturated heterocycles. The van der Waals surface area contributed by atoms with Crippen molar-refractivity contribution < 1.29 is 9.53 Å². The third-order valence-corrected chi connectivity index (χ3v) is 4.78. The van der Waals surface area contributed by atoms with Gasteiger partial charge < -0.3 is 19.9 Å². The quantitative estimate of drug-likeness (QED) is 0.873. The van der Waals surface area contributed by atoms with Gasteiger partial charge >= 0.3 is 0 Å². The molecule has 0 radical (unpaired) electrons. The fourth-order valence-electron chi connectivity index (χ4n) is 3.49. The van der Waals surface area contributed by atoms with E-state index in [0.29, 0.717) is 18.1 Å². The second-order valence-electron chi connectivity index (χ2n) is 6.78. The molecule has 0 spiro atoms. The van der Waals surface area contributed by atoms with Gasteiger partial charge in [-0.3, -0.25) is 4.79 Å². The first-order chi connectivity index (χ1) is 12.3. The van der Waals surface area contributed by atoms with Gasteiger partial charge in [-0.25, -0.2) is 9.97 Å². The monoisotopic (exact) mass is 347 g/mol. The van der Waals surface area contributed by atoms with Crippen LogP contribution in [0, 0.1) is 0 Å². The highest BCUT2D eigenvalue weighted by atomic mass is 16.5. The minimum absolute atomic E-state index is 0.00260. The van der Waals surface area contributed by atoms with Crippen molar-refractivity contribution in [3.63, 3.8) is 0 Å². The van der Waals surface area contributed by atoms with Crippen molar-refractivity contribution in [2.75, 3.05) is 51.2 Å². The largest absolute Gasteiger partial charge is 0.375 e. The first-order valence-electron chi connectivity index (χ1n) is 9.45. The Hall–Kier alpha value is -1.73. The Morgan fingerprint density at radius 1 is 1.20 bits per heavy atom. The van der Waals surface area contributed by atoms with E-state index in [0.717, 1.165) is 45.8 Å². The van der Waals surface area contributed by atoms with Crippen LogP contribution in [0.1, 0.15) is 43.0 Å². The molecule has 1 aromatic rings. The normalized spacial score (nSPS) is 22.4. The molecule has 7 nitrogen and oxygen atoms in total. The van der Waals surface area contributed by atoms with Gasteiger partial charge in [0.05, 0.1) is 11.7 Å². The van der Waals surface area contributed by atoms with E-state index < -0.39 is 0 Å². The van der Waals surface area contributed by atoms with Gasteiger partial charge in [-0.1, -0.05) is 6.42 Å². The highest BCUT2D eigenvalue weighted by Gasteiger charge is 2.26. The van der Waals surface area contributed by atoms with Crippen LogP contribution < -0.4 is 5.32 Å². The number of hydrogen-bond acceptors (Lipinski definition) is 6. The van der Waals surface area contributed by atoms with Crippen LogP contribution in [0.3, 0.4) is 0 Å². The number of likely N-dealkylation sites (tertiary alicyclic amines) is 1. The van der Waals surface area contributed by atoms with Crippen molar-refractivity contribution in [1.82, 2.24) is 19.8 Å². The summed E-state index contributed by atoms with van der Waals surface area (Å²) in [6, 6.07) is 0. The van der Waals surface area contributed by atoms with Crippen LogP contribution in [0.25, 0.3) is 0 Å². The Morgan fingerprint density at radius 2 is 1.96 bits per heavy atom. The standard InChI is InChI=1S/C18H29N5O2/c1-2-19-18-20-11-15(12-21-18)17(24)23-9-6-10-25-16(14-23)13-22-7-4-3-5-8-22/h11-12,16H,2-10,13-14H2,1H3,(H,19,20,21)/t16-/m1/s1. The van der Waals surface area contributed by atoms with Gasteiger partial charge in [0, 0.05) is 45.2 Å². The predicted octanol–water partition coefficient (Wildman–Crippen LogP) is 1.63. The van der Waals surface area contributed by atoms with Crippen molar-refractivity contribution in [1.29, 1.82) is 0 Å². The number of carbonyl (C=O) groups excluding carboxylic acids is 1. The molecule has 2 fully saturated rings. The van der Waals surface area contributed by atoms with E-state index in [2.05, 4.69) is 20.2 Å². The molecule has 0 unspecified atom stereocenters. The van der Waals surface area contributed by atoms with Crippen molar-refractivity contribution in [2.24, 2.45) is 0 Å². The van der Waals surface area contributed by atoms with Gasteiger partial charge in [0.15, 0.2) is 0 Å². The van der Waals surface area contributed by atoms with E-state index in [4.69, 9.17) is 4.74 Å². The number of carbonyl (C=O) groups is 1. The van der Waals surface area contributed by atoms with E-state index in [-0.39, 0.29) is 12.0 Å². The number of anilines is 1. The summed E-state index contributed by atoms with van der Waals surface area (Å²) in [5.74, 6) is 0.554. The smallest absolute Gasteiger partial charge is 0.257 e. The van der Waals surface area contributed by atoms with E-state index in [1.54, 1.807) is 12.4 Å². The summed E-state index contributed by atoms with van der Waals surface area (Å²) in [5.41, 5.74) is 0.542. The molecule has 2 aliphatic heterocycles. The lowest BCUT2D eigenvalue weighted by molar-refractivity contribution is 0.0216. The Morgan fingerprint density at radius 3 is 2.68 bits per heavy atom. The van der Waals surface area contributed by atoms with Crippen LogP contribution in [0.2, 0.25) is 0 Å². The number of aromatic nitrogens is 2. The predicted molar refractivity (Wildman–Crippen MR) is 96.7 cm³/mol. The summed E-state index contributed by atoms with van der Waals surface area (Å²) in [6.45, 7) is 8.05. The number of amides is 1. The fraction of sp³-hybridized carbons (Fsp3) is 0.722. The molecule has 25 heavy (non-hydrogen) atoms. The Bertz CT molecular complexity index is 545. The van der Waals surface area contributed by atoms with Gasteiger partial charge in [-0.15, -0.1) is 0 Å². The van der Waals surface area contributed by atoms with Crippen molar-refractivity contribution >= 4 is 11.9 Å². The van der Waals surface area contributed by atoms with Crippen molar-refractivity contribution in [2.45, 2.75) is 38.7 Å². The molecule has 1 atom stereocenters. The third-order valence-electron chi connectivity index (χ3n) is 4.78. The van der Waals surface area contributed by atoms with Crippen molar-refractivity contribution in [3.05, 3.63) is 18.0 Å². The van der Waals surface area contributed by atoms with Gasteiger partial charge in [-0.05, 0) is 39.3 Å². The van der Waals surface area contributed by atoms with Crippen LogP contribution >= 0.6 is 0 Å². The lowest BCUT2D eigenvalue weighted by Crippen LogP contribution is -2.43. The number of piperidine rings is 1. The van der Waals surface area contributed by atoms with Crippen LogP contribution in [0.4, 0.5) is 5.95 Å². The molecule has 0 bridgehead atoms. The molecule has 0 aliphatic carbocycles. The molecule has 3 rings (SSSR count). The number of nitrogens with one attached hydrogen (secondary N) is 1. The zero-order valence-electron chi connectivity index (χ0n) is 15.1. The van der Waals surface area contributed by atoms with E-state index >= 15 is 0 Å². The fourth-order valence-corrected chi connectivity index (χ4v) is 3.49. The Balaban J connectivity index is 1.60. The molecule has 7 heteroatoms. The first kappa shape index (κ1) is 18.1. The molecule has 2 aliphatic rings. The molecule has 3 heterocycles. The molecule has 1 amide bonds. The van der Waals surface area contributed by atoms with E-state index in [9.17, 15) is 4.79 Å². The van der Waals surface area contributed by atoms with Gasteiger partial charge in [0.1, 0.15) is 0 Å².